The molecule has 0 aliphatic rings. The SMILES string of the molecule is Cc1noc(-c2ccccc2NCc2ccc(Cl)o2)n1. The molecule has 0 aliphatic carbocycles. The van der Waals surface area contributed by atoms with Gasteiger partial charge in [-0.15, -0.1) is 0 Å². The van der Waals surface area contributed by atoms with Gasteiger partial charge < -0.3 is 14.3 Å². The van der Waals surface area contributed by atoms with E-state index in [-0.39, 0.29) is 0 Å². The first-order valence-corrected chi connectivity index (χ1v) is 6.48. The average Bonchev–Trinajstić information content (AvgIpc) is 3.06. The second-order valence-corrected chi connectivity index (χ2v) is 4.62. The predicted molar refractivity (Wildman–Crippen MR) is 75.5 cm³/mol. The third-order valence-corrected chi connectivity index (χ3v) is 2.97. The highest BCUT2D eigenvalue weighted by Gasteiger charge is 2.11. The van der Waals surface area contributed by atoms with Gasteiger partial charge in [0.1, 0.15) is 5.76 Å². The molecular weight excluding hydrogens is 278 g/mol. The zero-order chi connectivity index (χ0) is 13.9. The number of anilines is 1. The van der Waals surface area contributed by atoms with Crippen molar-refractivity contribution in [3.05, 3.63) is 53.2 Å². The molecule has 6 heteroatoms. The fourth-order valence-corrected chi connectivity index (χ4v) is 2.02. The van der Waals surface area contributed by atoms with Crippen LogP contribution in [0.15, 0.2) is 45.3 Å². The average molecular weight is 290 g/mol. The van der Waals surface area contributed by atoms with Crippen molar-refractivity contribution >= 4 is 17.3 Å². The number of nitrogens with one attached hydrogen (secondary N) is 1. The Morgan fingerprint density at radius 1 is 1.20 bits per heavy atom. The summed E-state index contributed by atoms with van der Waals surface area (Å²) in [5, 5.41) is 7.45. The Morgan fingerprint density at radius 2 is 2.05 bits per heavy atom. The zero-order valence-corrected chi connectivity index (χ0v) is 11.5. The minimum Gasteiger partial charge on any atom is -0.448 e. The van der Waals surface area contributed by atoms with E-state index in [1.165, 1.54) is 0 Å². The van der Waals surface area contributed by atoms with Crippen molar-refractivity contribution in [3.8, 4) is 11.5 Å². The van der Waals surface area contributed by atoms with Gasteiger partial charge >= 0.3 is 0 Å². The number of nitrogens with zero attached hydrogens (tertiary/aromatic N) is 2. The summed E-state index contributed by atoms with van der Waals surface area (Å²) < 4.78 is 10.5. The van der Waals surface area contributed by atoms with Gasteiger partial charge in [0.25, 0.3) is 5.89 Å². The third-order valence-electron chi connectivity index (χ3n) is 2.77. The fourth-order valence-electron chi connectivity index (χ4n) is 1.86. The number of furan rings is 1. The number of benzene rings is 1. The van der Waals surface area contributed by atoms with Gasteiger partial charge in [0.05, 0.1) is 12.1 Å². The van der Waals surface area contributed by atoms with Gasteiger partial charge in [-0.05, 0) is 42.8 Å². The van der Waals surface area contributed by atoms with E-state index in [0.29, 0.717) is 23.5 Å². The maximum Gasteiger partial charge on any atom is 0.260 e. The molecule has 0 amide bonds. The summed E-state index contributed by atoms with van der Waals surface area (Å²) in [5.74, 6) is 1.85. The summed E-state index contributed by atoms with van der Waals surface area (Å²) in [6.45, 7) is 2.31. The van der Waals surface area contributed by atoms with E-state index in [2.05, 4.69) is 15.5 Å². The van der Waals surface area contributed by atoms with Crippen molar-refractivity contribution in [2.45, 2.75) is 13.5 Å². The summed E-state index contributed by atoms with van der Waals surface area (Å²) in [6, 6.07) is 11.3. The lowest BCUT2D eigenvalue weighted by Gasteiger charge is -2.07. The molecule has 0 aliphatic heterocycles. The molecule has 0 atom stereocenters. The van der Waals surface area contributed by atoms with Crippen LogP contribution in [0.1, 0.15) is 11.6 Å². The molecule has 20 heavy (non-hydrogen) atoms. The normalized spacial score (nSPS) is 10.7. The Morgan fingerprint density at radius 3 is 2.75 bits per heavy atom. The summed E-state index contributed by atoms with van der Waals surface area (Å²) in [5.41, 5.74) is 1.74. The van der Waals surface area contributed by atoms with Gasteiger partial charge in [-0.3, -0.25) is 0 Å². The largest absolute Gasteiger partial charge is 0.448 e. The van der Waals surface area contributed by atoms with Crippen LogP contribution in [0.3, 0.4) is 0 Å². The van der Waals surface area contributed by atoms with E-state index < -0.39 is 0 Å². The van der Waals surface area contributed by atoms with Crippen molar-refractivity contribution in [1.29, 1.82) is 0 Å². The van der Waals surface area contributed by atoms with E-state index >= 15 is 0 Å². The minimum absolute atomic E-state index is 0.377. The molecule has 2 heterocycles. The molecule has 102 valence electrons. The molecule has 1 aromatic carbocycles. The number of aryl methyl sites for hydroxylation is 1. The Hall–Kier alpha value is -2.27. The number of aromatic nitrogens is 2. The molecule has 0 fully saturated rings. The molecular formula is C14H12ClN3O2. The number of rotatable bonds is 4. The lowest BCUT2D eigenvalue weighted by Crippen LogP contribution is -1.99. The number of para-hydroxylation sites is 1. The standard InChI is InChI=1S/C14H12ClN3O2/c1-9-17-14(20-18-9)11-4-2-3-5-12(11)16-8-10-6-7-13(15)19-10/h2-7,16H,8H2,1H3. The van der Waals surface area contributed by atoms with Crippen LogP contribution in [0.2, 0.25) is 5.22 Å². The molecule has 3 rings (SSSR count). The van der Waals surface area contributed by atoms with Crippen LogP contribution < -0.4 is 5.32 Å². The Balaban J connectivity index is 1.83. The lowest BCUT2D eigenvalue weighted by atomic mass is 10.1. The van der Waals surface area contributed by atoms with Gasteiger partial charge in [-0.25, -0.2) is 0 Å². The summed E-state index contributed by atoms with van der Waals surface area (Å²) in [7, 11) is 0. The Labute approximate surface area is 120 Å². The first kappa shape index (κ1) is 12.7. The van der Waals surface area contributed by atoms with E-state index in [4.69, 9.17) is 20.5 Å². The molecule has 0 radical (unpaired) electrons. The van der Waals surface area contributed by atoms with Crippen molar-refractivity contribution in [2.24, 2.45) is 0 Å². The molecule has 5 nitrogen and oxygen atoms in total. The number of halogens is 1. The number of hydrogen-bond acceptors (Lipinski definition) is 5. The molecule has 0 unspecified atom stereocenters. The van der Waals surface area contributed by atoms with Crippen LogP contribution in [0, 0.1) is 6.92 Å². The molecule has 0 saturated heterocycles. The Bertz CT molecular complexity index is 721. The van der Waals surface area contributed by atoms with Crippen LogP contribution >= 0.6 is 11.6 Å². The van der Waals surface area contributed by atoms with Crippen LogP contribution in [-0.4, -0.2) is 10.1 Å². The van der Waals surface area contributed by atoms with Crippen molar-refractivity contribution in [1.82, 2.24) is 10.1 Å². The molecule has 0 spiro atoms. The van der Waals surface area contributed by atoms with Crippen molar-refractivity contribution in [2.75, 3.05) is 5.32 Å². The highest BCUT2D eigenvalue weighted by Crippen LogP contribution is 2.27. The van der Waals surface area contributed by atoms with Crippen LogP contribution in [0.25, 0.3) is 11.5 Å². The second kappa shape index (κ2) is 5.38. The zero-order valence-electron chi connectivity index (χ0n) is 10.8. The summed E-state index contributed by atoms with van der Waals surface area (Å²) >= 11 is 5.74. The quantitative estimate of drug-likeness (QED) is 0.789. The number of hydrogen-bond donors (Lipinski definition) is 1. The molecule has 3 aromatic rings. The molecule has 0 saturated carbocycles. The lowest BCUT2D eigenvalue weighted by molar-refractivity contribution is 0.425. The predicted octanol–water partition coefficient (Wildman–Crippen LogP) is 3.90. The highest BCUT2D eigenvalue weighted by molar-refractivity contribution is 6.28. The topological polar surface area (TPSA) is 64.1 Å². The van der Waals surface area contributed by atoms with Crippen molar-refractivity contribution < 1.29 is 8.94 Å². The first-order valence-electron chi connectivity index (χ1n) is 6.10. The smallest absolute Gasteiger partial charge is 0.260 e. The molecule has 0 bridgehead atoms. The summed E-state index contributed by atoms with van der Waals surface area (Å²) in [4.78, 5) is 4.24. The molecule has 2 aromatic heterocycles. The second-order valence-electron chi connectivity index (χ2n) is 4.25. The van der Waals surface area contributed by atoms with E-state index in [1.54, 1.807) is 13.0 Å². The summed E-state index contributed by atoms with van der Waals surface area (Å²) in [6.07, 6.45) is 0. The maximum absolute atomic E-state index is 5.74. The highest BCUT2D eigenvalue weighted by atomic mass is 35.5. The van der Waals surface area contributed by atoms with Gasteiger partial charge in [-0.2, -0.15) is 4.98 Å². The van der Waals surface area contributed by atoms with Crippen LogP contribution in [0.4, 0.5) is 5.69 Å². The van der Waals surface area contributed by atoms with Gasteiger partial charge in [0.2, 0.25) is 0 Å². The third kappa shape index (κ3) is 2.67. The van der Waals surface area contributed by atoms with Crippen molar-refractivity contribution in [3.63, 3.8) is 0 Å². The monoisotopic (exact) mass is 289 g/mol. The van der Waals surface area contributed by atoms with Crippen LogP contribution in [0.5, 0.6) is 0 Å². The van der Waals surface area contributed by atoms with Gasteiger partial charge in [-0.1, -0.05) is 17.3 Å². The minimum atomic E-state index is 0.377. The molecule has 1 N–H and O–H groups in total. The Kier molecular flexibility index (Phi) is 3.43. The maximum atomic E-state index is 5.74. The van der Waals surface area contributed by atoms with E-state index in [0.717, 1.165) is 17.0 Å². The first-order chi connectivity index (χ1) is 9.72. The van der Waals surface area contributed by atoms with E-state index in [9.17, 15) is 0 Å². The van der Waals surface area contributed by atoms with Gasteiger partial charge in [0, 0.05) is 5.69 Å². The fraction of sp³-hybridized carbons (Fsp3) is 0.143. The van der Waals surface area contributed by atoms with E-state index in [1.807, 2.05) is 30.3 Å². The van der Waals surface area contributed by atoms with Gasteiger partial charge in [0.15, 0.2) is 11.0 Å². The van der Waals surface area contributed by atoms with Crippen LogP contribution in [-0.2, 0) is 6.54 Å².